The number of benzene rings is 3. The van der Waals surface area contributed by atoms with Gasteiger partial charge in [0.05, 0.1) is 11.4 Å². The summed E-state index contributed by atoms with van der Waals surface area (Å²) in [6.45, 7) is 3.38. The van der Waals surface area contributed by atoms with E-state index in [9.17, 15) is 18.0 Å². The molecule has 0 aromatic heterocycles. The molecule has 0 saturated heterocycles. The fraction of sp³-hybridized carbons (Fsp3) is 0.310. The molecule has 3 aromatic carbocycles. The Morgan fingerprint density at radius 2 is 1.65 bits per heavy atom. The van der Waals surface area contributed by atoms with Gasteiger partial charge < -0.3 is 19.7 Å². The lowest BCUT2D eigenvalue weighted by atomic mass is 10.0. The minimum atomic E-state index is -3.87. The number of carbonyl (C=O) groups is 2. The van der Waals surface area contributed by atoms with E-state index in [2.05, 4.69) is 21.2 Å². The number of rotatable bonds is 12. The van der Waals surface area contributed by atoms with E-state index in [1.165, 1.54) is 11.8 Å². The van der Waals surface area contributed by atoms with E-state index < -0.39 is 28.5 Å². The third-order valence-electron chi connectivity index (χ3n) is 6.51. The summed E-state index contributed by atoms with van der Waals surface area (Å²) in [6.07, 6.45) is 0.263. The van der Waals surface area contributed by atoms with Gasteiger partial charge in [0, 0.05) is 30.0 Å². The standard InChI is InChI=1S/C29H32BrN3O6S/c1-3-31-29(35)25(16-21-8-6-5-7-9-21)32(18-22-10-12-23(30)13-11-22)28(34)19-33(40(36,37)4-2)24-14-15-26-27(17-24)39-20-38-26/h5-15,17,25H,3-4,16,18-20H2,1-2H3,(H,31,35)/t25-/m1/s1. The van der Waals surface area contributed by atoms with Crippen LogP contribution in [0.4, 0.5) is 5.69 Å². The van der Waals surface area contributed by atoms with Gasteiger partial charge in [-0.1, -0.05) is 58.4 Å². The van der Waals surface area contributed by atoms with Crippen LogP contribution in [0.2, 0.25) is 0 Å². The first kappa shape index (κ1) is 29.4. The molecule has 11 heteroatoms. The van der Waals surface area contributed by atoms with Gasteiger partial charge in [0.2, 0.25) is 28.6 Å². The van der Waals surface area contributed by atoms with Crippen LogP contribution in [0.5, 0.6) is 11.5 Å². The number of halogens is 1. The van der Waals surface area contributed by atoms with Gasteiger partial charge in [-0.3, -0.25) is 13.9 Å². The number of sulfonamides is 1. The quantitative estimate of drug-likeness (QED) is 0.323. The Hall–Kier alpha value is -3.57. The predicted octanol–water partition coefficient (Wildman–Crippen LogP) is 4.11. The average Bonchev–Trinajstić information content (AvgIpc) is 3.43. The Labute approximate surface area is 243 Å². The third-order valence-corrected chi connectivity index (χ3v) is 8.78. The molecule has 4 rings (SSSR count). The summed E-state index contributed by atoms with van der Waals surface area (Å²) in [4.78, 5) is 29.0. The van der Waals surface area contributed by atoms with Crippen LogP contribution in [0.25, 0.3) is 0 Å². The SMILES string of the molecule is CCNC(=O)[C@@H](Cc1ccccc1)N(Cc1ccc(Br)cc1)C(=O)CN(c1ccc2c(c1)OCO2)S(=O)(=O)CC. The smallest absolute Gasteiger partial charge is 0.244 e. The van der Waals surface area contributed by atoms with Crippen LogP contribution in [-0.4, -0.2) is 56.8 Å². The second kappa shape index (κ2) is 13.2. The Balaban J connectivity index is 1.73. The number of nitrogens with zero attached hydrogens (tertiary/aromatic N) is 2. The highest BCUT2D eigenvalue weighted by atomic mass is 79.9. The second-order valence-corrected chi connectivity index (χ2v) is 12.3. The van der Waals surface area contributed by atoms with Crippen molar-refractivity contribution in [3.8, 4) is 11.5 Å². The van der Waals surface area contributed by atoms with Crippen LogP contribution in [0.15, 0.2) is 77.3 Å². The molecular formula is C29H32BrN3O6S. The molecule has 3 aromatic rings. The fourth-order valence-corrected chi connectivity index (χ4v) is 5.71. The molecule has 1 aliphatic heterocycles. The monoisotopic (exact) mass is 629 g/mol. The molecule has 1 N–H and O–H groups in total. The van der Waals surface area contributed by atoms with Crippen molar-refractivity contribution in [3.05, 3.63) is 88.4 Å². The van der Waals surface area contributed by atoms with Crippen molar-refractivity contribution in [2.45, 2.75) is 32.9 Å². The van der Waals surface area contributed by atoms with E-state index in [4.69, 9.17) is 9.47 Å². The number of hydrogen-bond acceptors (Lipinski definition) is 6. The first-order valence-electron chi connectivity index (χ1n) is 13.0. The van der Waals surface area contributed by atoms with Crippen molar-refractivity contribution in [1.29, 1.82) is 0 Å². The minimum Gasteiger partial charge on any atom is -0.454 e. The molecule has 0 bridgehead atoms. The van der Waals surface area contributed by atoms with E-state index in [0.717, 1.165) is 19.9 Å². The molecular weight excluding hydrogens is 598 g/mol. The first-order chi connectivity index (χ1) is 19.2. The summed E-state index contributed by atoms with van der Waals surface area (Å²) in [5.41, 5.74) is 1.95. The lowest BCUT2D eigenvalue weighted by Crippen LogP contribution is -2.53. The molecule has 0 radical (unpaired) electrons. The number of hydrogen-bond donors (Lipinski definition) is 1. The van der Waals surface area contributed by atoms with Crippen LogP contribution >= 0.6 is 15.9 Å². The van der Waals surface area contributed by atoms with Gasteiger partial charge in [-0.2, -0.15) is 0 Å². The van der Waals surface area contributed by atoms with E-state index in [0.29, 0.717) is 18.0 Å². The van der Waals surface area contributed by atoms with Crippen molar-refractivity contribution >= 4 is 43.5 Å². The number of ether oxygens (including phenoxy) is 2. The van der Waals surface area contributed by atoms with Gasteiger partial charge in [-0.05, 0) is 49.2 Å². The summed E-state index contributed by atoms with van der Waals surface area (Å²) < 4.78 is 39.3. The van der Waals surface area contributed by atoms with Crippen molar-refractivity contribution in [1.82, 2.24) is 10.2 Å². The number of anilines is 1. The van der Waals surface area contributed by atoms with Gasteiger partial charge >= 0.3 is 0 Å². The van der Waals surface area contributed by atoms with E-state index >= 15 is 0 Å². The number of carbonyl (C=O) groups excluding carboxylic acids is 2. The summed E-state index contributed by atoms with van der Waals surface area (Å²) in [6, 6.07) is 20.7. The molecule has 0 spiro atoms. The maximum atomic E-state index is 14.1. The highest BCUT2D eigenvalue weighted by Gasteiger charge is 2.34. The van der Waals surface area contributed by atoms with Gasteiger partial charge in [-0.25, -0.2) is 8.42 Å². The lowest BCUT2D eigenvalue weighted by molar-refractivity contribution is -0.140. The Kier molecular flexibility index (Phi) is 9.70. The number of likely N-dealkylation sites (N-methyl/N-ethyl adjacent to an activating group) is 1. The molecule has 0 aliphatic carbocycles. The third kappa shape index (κ3) is 7.14. The van der Waals surface area contributed by atoms with Crippen molar-refractivity contribution in [3.63, 3.8) is 0 Å². The molecule has 212 valence electrons. The average molecular weight is 631 g/mol. The molecule has 40 heavy (non-hydrogen) atoms. The molecule has 0 fully saturated rings. The first-order valence-corrected chi connectivity index (χ1v) is 15.4. The highest BCUT2D eigenvalue weighted by Crippen LogP contribution is 2.36. The van der Waals surface area contributed by atoms with Crippen molar-refractivity contribution in [2.75, 3.05) is 29.9 Å². The molecule has 0 unspecified atom stereocenters. The molecule has 2 amide bonds. The number of fused-ring (bicyclic) bond motifs is 1. The molecule has 1 heterocycles. The van der Waals surface area contributed by atoms with E-state index in [1.54, 1.807) is 18.2 Å². The zero-order valence-electron chi connectivity index (χ0n) is 22.4. The van der Waals surface area contributed by atoms with E-state index in [1.807, 2.05) is 61.5 Å². The van der Waals surface area contributed by atoms with Gasteiger partial charge in [-0.15, -0.1) is 0 Å². The number of amides is 2. The zero-order valence-corrected chi connectivity index (χ0v) is 24.8. The Morgan fingerprint density at radius 3 is 2.33 bits per heavy atom. The summed E-state index contributed by atoms with van der Waals surface area (Å²) in [5, 5.41) is 2.85. The number of nitrogens with one attached hydrogen (secondary N) is 1. The van der Waals surface area contributed by atoms with Crippen molar-refractivity contribution < 1.29 is 27.5 Å². The van der Waals surface area contributed by atoms with Crippen LogP contribution in [0, 0.1) is 0 Å². The maximum Gasteiger partial charge on any atom is 0.244 e. The molecule has 0 saturated carbocycles. The summed E-state index contributed by atoms with van der Waals surface area (Å²) >= 11 is 3.43. The topological polar surface area (TPSA) is 105 Å². The van der Waals surface area contributed by atoms with Gasteiger partial charge in [0.15, 0.2) is 11.5 Å². The molecule has 1 aliphatic rings. The van der Waals surface area contributed by atoms with Crippen LogP contribution in [0.1, 0.15) is 25.0 Å². The highest BCUT2D eigenvalue weighted by molar-refractivity contribution is 9.10. The van der Waals surface area contributed by atoms with Gasteiger partial charge in [0.1, 0.15) is 12.6 Å². The fourth-order valence-electron chi connectivity index (χ4n) is 4.39. The normalized spacial score (nSPS) is 13.0. The molecule has 9 nitrogen and oxygen atoms in total. The maximum absolute atomic E-state index is 14.1. The van der Waals surface area contributed by atoms with Gasteiger partial charge in [0.25, 0.3) is 0 Å². The van der Waals surface area contributed by atoms with E-state index in [-0.39, 0.29) is 37.1 Å². The van der Waals surface area contributed by atoms with Crippen LogP contribution in [0.3, 0.4) is 0 Å². The zero-order chi connectivity index (χ0) is 28.7. The lowest BCUT2D eigenvalue weighted by Gasteiger charge is -2.33. The van der Waals surface area contributed by atoms with Crippen LogP contribution in [-0.2, 0) is 32.6 Å². The Morgan fingerprint density at radius 1 is 0.950 bits per heavy atom. The summed E-state index contributed by atoms with van der Waals surface area (Å²) in [7, 11) is -3.87. The predicted molar refractivity (Wildman–Crippen MR) is 157 cm³/mol. The summed E-state index contributed by atoms with van der Waals surface area (Å²) in [5.74, 6) is -0.141. The van der Waals surface area contributed by atoms with Crippen molar-refractivity contribution in [2.24, 2.45) is 0 Å². The van der Waals surface area contributed by atoms with Crippen LogP contribution < -0.4 is 19.1 Å². The minimum absolute atomic E-state index is 0.0346. The molecule has 1 atom stereocenters. The largest absolute Gasteiger partial charge is 0.454 e. The second-order valence-electron chi connectivity index (χ2n) is 9.19. The Bertz CT molecular complexity index is 1430.